The van der Waals surface area contributed by atoms with Gasteiger partial charge in [-0.15, -0.1) is 0 Å². The van der Waals surface area contributed by atoms with Gasteiger partial charge in [0.1, 0.15) is 0 Å². The summed E-state index contributed by atoms with van der Waals surface area (Å²) in [6.45, 7) is 8.23. The maximum Gasteiger partial charge on any atom is 0.307 e. The number of rotatable bonds is 22. The summed E-state index contributed by atoms with van der Waals surface area (Å²) >= 11 is 0. The summed E-state index contributed by atoms with van der Waals surface area (Å²) in [6, 6.07) is 0. The molecule has 0 bridgehead atoms. The maximum atomic E-state index is 11.5. The quantitative estimate of drug-likeness (QED) is 0.101. The largest absolute Gasteiger partial charge is 0.436 e. The van der Waals surface area contributed by atoms with E-state index in [9.17, 15) is 4.79 Å². The van der Waals surface area contributed by atoms with Crippen LogP contribution in [0.15, 0.2) is 0 Å². The molecular formula is C26H52O3. The molecule has 0 saturated carbocycles. The van der Waals surface area contributed by atoms with E-state index in [1.165, 1.54) is 103 Å². The zero-order valence-electron chi connectivity index (χ0n) is 20.3. The molecular weight excluding hydrogens is 360 g/mol. The highest BCUT2D eigenvalue weighted by Crippen LogP contribution is 2.19. The third-order valence-electron chi connectivity index (χ3n) is 5.73. The van der Waals surface area contributed by atoms with Gasteiger partial charge in [-0.25, -0.2) is 0 Å². The number of carbonyl (C=O) groups is 1. The molecule has 3 nitrogen and oxygen atoms in total. The van der Waals surface area contributed by atoms with E-state index in [1.807, 2.05) is 13.8 Å². The summed E-state index contributed by atoms with van der Waals surface area (Å²) in [5.41, 5.74) is 0. The second-order valence-electron chi connectivity index (χ2n) is 8.70. The van der Waals surface area contributed by atoms with Crippen molar-refractivity contribution in [3.05, 3.63) is 0 Å². The molecule has 0 aromatic carbocycles. The van der Waals surface area contributed by atoms with E-state index in [1.54, 1.807) is 0 Å². The van der Waals surface area contributed by atoms with Crippen molar-refractivity contribution in [3.63, 3.8) is 0 Å². The van der Waals surface area contributed by atoms with Crippen molar-refractivity contribution in [1.29, 1.82) is 0 Å². The predicted molar refractivity (Wildman–Crippen MR) is 125 cm³/mol. The van der Waals surface area contributed by atoms with Crippen LogP contribution in [0.5, 0.6) is 0 Å². The van der Waals surface area contributed by atoms with Crippen molar-refractivity contribution in [2.75, 3.05) is 0 Å². The highest BCUT2D eigenvalue weighted by molar-refractivity contribution is 5.68. The zero-order valence-corrected chi connectivity index (χ0v) is 20.3. The summed E-state index contributed by atoms with van der Waals surface area (Å²) in [7, 11) is 0. The van der Waals surface area contributed by atoms with E-state index in [0.717, 1.165) is 12.8 Å². The molecule has 0 aliphatic heterocycles. The van der Waals surface area contributed by atoms with Crippen LogP contribution >= 0.6 is 0 Å². The van der Waals surface area contributed by atoms with Gasteiger partial charge in [-0.2, -0.15) is 0 Å². The van der Waals surface area contributed by atoms with Gasteiger partial charge in [0, 0.05) is 6.42 Å². The van der Waals surface area contributed by atoms with E-state index in [2.05, 4.69) is 13.8 Å². The van der Waals surface area contributed by atoms with Gasteiger partial charge in [0.05, 0.1) is 6.10 Å². The molecule has 1 atom stereocenters. The SMILES string of the molecule is CCCCCCCCCCC(CCCCCCCCCC)OC(C)OC(=O)CC. The second kappa shape index (κ2) is 22.1. The highest BCUT2D eigenvalue weighted by atomic mass is 16.7. The van der Waals surface area contributed by atoms with Crippen molar-refractivity contribution >= 4 is 5.97 Å². The Morgan fingerprint density at radius 2 is 1.00 bits per heavy atom. The molecule has 0 aromatic heterocycles. The summed E-state index contributed by atoms with van der Waals surface area (Å²) in [6.07, 6.45) is 23.8. The summed E-state index contributed by atoms with van der Waals surface area (Å²) < 4.78 is 11.4. The first-order valence-corrected chi connectivity index (χ1v) is 13.0. The van der Waals surface area contributed by atoms with Crippen molar-refractivity contribution in [2.45, 2.75) is 162 Å². The first-order valence-electron chi connectivity index (χ1n) is 13.0. The van der Waals surface area contributed by atoms with E-state index in [4.69, 9.17) is 9.47 Å². The van der Waals surface area contributed by atoms with Gasteiger partial charge in [0.15, 0.2) is 6.29 Å². The Bertz CT molecular complexity index is 323. The molecule has 0 heterocycles. The van der Waals surface area contributed by atoms with E-state index < -0.39 is 6.29 Å². The van der Waals surface area contributed by atoms with Crippen LogP contribution in [0.1, 0.15) is 150 Å². The molecule has 0 aliphatic carbocycles. The van der Waals surface area contributed by atoms with Crippen LogP contribution in [-0.2, 0) is 14.3 Å². The van der Waals surface area contributed by atoms with Gasteiger partial charge < -0.3 is 9.47 Å². The Morgan fingerprint density at radius 3 is 1.38 bits per heavy atom. The van der Waals surface area contributed by atoms with Crippen LogP contribution in [0.3, 0.4) is 0 Å². The third kappa shape index (κ3) is 20.5. The molecule has 0 saturated heterocycles. The third-order valence-corrected chi connectivity index (χ3v) is 5.73. The average molecular weight is 413 g/mol. The lowest BCUT2D eigenvalue weighted by Gasteiger charge is -2.22. The van der Waals surface area contributed by atoms with Gasteiger partial charge in [-0.3, -0.25) is 4.79 Å². The Kier molecular flexibility index (Phi) is 21.7. The fourth-order valence-corrected chi connectivity index (χ4v) is 3.86. The Balaban J connectivity index is 4.01. The second-order valence-corrected chi connectivity index (χ2v) is 8.70. The molecule has 174 valence electrons. The lowest BCUT2D eigenvalue weighted by Crippen LogP contribution is -2.24. The Labute approximate surface area is 182 Å². The molecule has 29 heavy (non-hydrogen) atoms. The normalized spacial score (nSPS) is 12.4. The number of hydrogen-bond acceptors (Lipinski definition) is 3. The molecule has 0 aliphatic rings. The van der Waals surface area contributed by atoms with Crippen molar-refractivity contribution in [3.8, 4) is 0 Å². The smallest absolute Gasteiger partial charge is 0.307 e. The van der Waals surface area contributed by atoms with Gasteiger partial charge in [0.2, 0.25) is 0 Å². The number of carbonyl (C=O) groups excluding carboxylic acids is 1. The minimum atomic E-state index is -0.421. The Hall–Kier alpha value is -0.570. The maximum absolute atomic E-state index is 11.5. The predicted octanol–water partition coefficient (Wildman–Crippen LogP) is 8.73. The monoisotopic (exact) mass is 412 g/mol. The van der Waals surface area contributed by atoms with Crippen LogP contribution in [0, 0.1) is 0 Å². The number of hydrogen-bond donors (Lipinski definition) is 0. The number of esters is 1. The summed E-state index contributed by atoms with van der Waals surface area (Å²) in [4.78, 5) is 11.5. The van der Waals surface area contributed by atoms with Gasteiger partial charge >= 0.3 is 5.97 Å². The van der Waals surface area contributed by atoms with E-state index >= 15 is 0 Å². The minimum Gasteiger partial charge on any atom is -0.436 e. The Morgan fingerprint density at radius 1 is 0.621 bits per heavy atom. The molecule has 0 amide bonds. The van der Waals surface area contributed by atoms with Crippen molar-refractivity contribution in [2.24, 2.45) is 0 Å². The van der Waals surface area contributed by atoms with Gasteiger partial charge in [-0.1, -0.05) is 124 Å². The molecule has 0 spiro atoms. The minimum absolute atomic E-state index is 0.171. The average Bonchev–Trinajstić information content (AvgIpc) is 2.71. The topological polar surface area (TPSA) is 35.5 Å². The van der Waals surface area contributed by atoms with E-state index in [-0.39, 0.29) is 12.1 Å². The summed E-state index contributed by atoms with van der Waals surface area (Å²) in [5, 5.41) is 0. The number of ether oxygens (including phenoxy) is 2. The molecule has 0 radical (unpaired) electrons. The van der Waals surface area contributed by atoms with Crippen LogP contribution in [0.2, 0.25) is 0 Å². The summed E-state index contributed by atoms with van der Waals surface area (Å²) in [5.74, 6) is -0.171. The molecule has 0 N–H and O–H groups in total. The van der Waals surface area contributed by atoms with Crippen LogP contribution in [0.25, 0.3) is 0 Å². The first kappa shape index (κ1) is 28.4. The lowest BCUT2D eigenvalue weighted by atomic mass is 10.0. The van der Waals surface area contributed by atoms with Crippen LogP contribution < -0.4 is 0 Å². The standard InChI is InChI=1S/C26H52O3/c1-5-8-10-12-14-16-18-20-22-25(28-24(4)29-26(27)7-3)23-21-19-17-15-13-11-9-6-2/h24-25H,5-23H2,1-4H3. The molecule has 3 heteroatoms. The number of unbranched alkanes of at least 4 members (excludes halogenated alkanes) is 14. The van der Waals surface area contributed by atoms with Gasteiger partial charge in [-0.05, 0) is 19.8 Å². The van der Waals surface area contributed by atoms with Crippen LogP contribution in [-0.4, -0.2) is 18.4 Å². The molecule has 0 fully saturated rings. The first-order chi connectivity index (χ1) is 14.1. The van der Waals surface area contributed by atoms with Gasteiger partial charge in [0.25, 0.3) is 0 Å². The molecule has 1 unspecified atom stereocenters. The fourth-order valence-electron chi connectivity index (χ4n) is 3.86. The zero-order chi connectivity index (χ0) is 21.6. The van der Waals surface area contributed by atoms with Crippen molar-refractivity contribution < 1.29 is 14.3 Å². The van der Waals surface area contributed by atoms with Crippen LogP contribution in [0.4, 0.5) is 0 Å². The molecule has 0 rings (SSSR count). The highest BCUT2D eigenvalue weighted by Gasteiger charge is 2.15. The van der Waals surface area contributed by atoms with E-state index in [0.29, 0.717) is 6.42 Å². The lowest BCUT2D eigenvalue weighted by molar-refractivity contribution is -0.185. The van der Waals surface area contributed by atoms with Crippen molar-refractivity contribution in [1.82, 2.24) is 0 Å². The molecule has 0 aromatic rings. The fraction of sp³-hybridized carbons (Fsp3) is 0.962.